The van der Waals surface area contributed by atoms with Crippen molar-refractivity contribution in [2.75, 3.05) is 0 Å². The summed E-state index contributed by atoms with van der Waals surface area (Å²) in [6.07, 6.45) is -8.80. The van der Waals surface area contributed by atoms with Crippen LogP contribution in [0, 0.1) is 5.92 Å². The smallest absolute Gasteiger partial charge is 0.323 e. The van der Waals surface area contributed by atoms with Crippen LogP contribution >= 0.6 is 0 Å². The molecule has 0 bridgehead atoms. The number of carbonyl (C=O) groups is 1. The molecule has 24 heavy (non-hydrogen) atoms. The molecule has 8 heteroatoms. The molecule has 2 atom stereocenters. The van der Waals surface area contributed by atoms with Gasteiger partial charge in [-0.2, -0.15) is 26.3 Å². The Balaban J connectivity index is 3.50. The number of hydrogen-bond acceptors (Lipinski definition) is 2. The number of alkyl halides is 6. The molecule has 0 spiro atoms. The maximum Gasteiger partial charge on any atom is 0.416 e. The Bertz CT molecular complexity index is 623. The second-order valence-electron chi connectivity index (χ2n) is 5.08. The van der Waals surface area contributed by atoms with E-state index in [2.05, 4.69) is 12.3 Å². The molecule has 2 unspecified atom stereocenters. The predicted molar refractivity (Wildman–Crippen MR) is 75.9 cm³/mol. The van der Waals surface area contributed by atoms with Crippen LogP contribution in [-0.4, -0.2) is 5.78 Å². The molecule has 0 radical (unpaired) electrons. The fraction of sp³-hybridized carbons (Fsp3) is 0.375. The number of hydrogen-bond donors (Lipinski definition) is 1. The Morgan fingerprint density at radius 2 is 1.62 bits per heavy atom. The van der Waals surface area contributed by atoms with Crippen LogP contribution in [0.1, 0.15) is 36.1 Å². The van der Waals surface area contributed by atoms with E-state index in [4.69, 9.17) is 5.73 Å². The molecule has 0 fully saturated rings. The summed E-state index contributed by atoms with van der Waals surface area (Å²) in [6.45, 7) is 4.76. The van der Waals surface area contributed by atoms with Crippen LogP contribution in [0.2, 0.25) is 0 Å². The van der Waals surface area contributed by atoms with E-state index in [1.807, 2.05) is 0 Å². The first-order valence-corrected chi connectivity index (χ1v) is 6.85. The lowest BCUT2D eigenvalue weighted by molar-refractivity contribution is -0.143. The summed E-state index contributed by atoms with van der Waals surface area (Å²) < 4.78 is 77.2. The van der Waals surface area contributed by atoms with Gasteiger partial charge >= 0.3 is 12.4 Å². The molecule has 2 nitrogen and oxygen atoms in total. The summed E-state index contributed by atoms with van der Waals surface area (Å²) in [7, 11) is 0. The van der Waals surface area contributed by atoms with Crippen LogP contribution in [0.4, 0.5) is 26.3 Å². The van der Waals surface area contributed by atoms with Crippen molar-refractivity contribution >= 4 is 5.78 Å². The zero-order chi connectivity index (χ0) is 18.7. The standard InChI is InChI=1S/C16H15F6NO/c1-3-5-12(13(24)4-2)14(23)9-6-10(15(17,18)19)8-11(7-9)16(20,21)22/h5-8,12,14H,1,4,23H2,2H3. The Labute approximate surface area is 134 Å². The number of benzene rings is 1. The number of carbonyl (C=O) groups excluding carboxylic acids is 1. The highest BCUT2D eigenvalue weighted by atomic mass is 19.4. The van der Waals surface area contributed by atoms with Gasteiger partial charge in [-0.05, 0) is 29.8 Å². The minimum atomic E-state index is -4.98. The molecular weight excluding hydrogens is 336 g/mol. The highest BCUT2D eigenvalue weighted by Crippen LogP contribution is 2.38. The van der Waals surface area contributed by atoms with Gasteiger partial charge in [-0.3, -0.25) is 4.79 Å². The number of Topliss-reactive ketones (excluding diaryl/α,β-unsaturated/α-hetero) is 1. The van der Waals surface area contributed by atoms with Crippen molar-refractivity contribution in [2.24, 2.45) is 11.7 Å². The Morgan fingerprint density at radius 3 is 1.96 bits per heavy atom. The maximum absolute atomic E-state index is 12.9. The van der Waals surface area contributed by atoms with Crippen molar-refractivity contribution in [1.82, 2.24) is 0 Å². The van der Waals surface area contributed by atoms with Gasteiger partial charge in [-0.25, -0.2) is 0 Å². The van der Waals surface area contributed by atoms with Crippen LogP contribution in [0.25, 0.3) is 0 Å². The van der Waals surface area contributed by atoms with Crippen molar-refractivity contribution < 1.29 is 31.1 Å². The van der Waals surface area contributed by atoms with Gasteiger partial charge < -0.3 is 5.73 Å². The summed E-state index contributed by atoms with van der Waals surface area (Å²) in [5.74, 6) is -1.55. The summed E-state index contributed by atoms with van der Waals surface area (Å²) in [6, 6.07) is -0.328. The minimum absolute atomic E-state index is 0.0101. The summed E-state index contributed by atoms with van der Waals surface area (Å²) >= 11 is 0. The first-order chi connectivity index (χ1) is 10.9. The predicted octanol–water partition coefficient (Wildman–Crippen LogP) is 4.66. The van der Waals surface area contributed by atoms with Crippen LogP contribution < -0.4 is 5.73 Å². The van der Waals surface area contributed by atoms with Crippen molar-refractivity contribution in [2.45, 2.75) is 31.7 Å². The lowest BCUT2D eigenvalue weighted by atomic mass is 9.87. The van der Waals surface area contributed by atoms with E-state index < -0.39 is 46.8 Å². The lowest BCUT2D eigenvalue weighted by Crippen LogP contribution is -2.27. The van der Waals surface area contributed by atoms with Crippen molar-refractivity contribution in [1.29, 1.82) is 0 Å². The minimum Gasteiger partial charge on any atom is -0.323 e. The number of rotatable bonds is 5. The number of halogens is 6. The summed E-state index contributed by atoms with van der Waals surface area (Å²) in [5.41, 5.74) is 4.68. The van der Waals surface area contributed by atoms with Gasteiger partial charge in [0.15, 0.2) is 0 Å². The third-order valence-electron chi connectivity index (χ3n) is 3.40. The SMILES string of the molecule is C=C=CC(C(=O)CC)C(N)c1cc(C(F)(F)F)cc(C(F)(F)F)c1. The monoisotopic (exact) mass is 351 g/mol. The van der Waals surface area contributed by atoms with E-state index in [1.165, 1.54) is 6.92 Å². The van der Waals surface area contributed by atoms with Crippen molar-refractivity contribution in [3.8, 4) is 0 Å². The Hall–Kier alpha value is -2.05. The number of ketones is 1. The summed E-state index contributed by atoms with van der Waals surface area (Å²) in [4.78, 5) is 11.9. The third-order valence-corrected chi connectivity index (χ3v) is 3.40. The van der Waals surface area contributed by atoms with Gasteiger partial charge in [-0.15, -0.1) is 5.73 Å². The van der Waals surface area contributed by atoms with Gasteiger partial charge in [-0.1, -0.05) is 13.5 Å². The van der Waals surface area contributed by atoms with E-state index in [-0.39, 0.29) is 12.5 Å². The van der Waals surface area contributed by atoms with E-state index in [9.17, 15) is 31.1 Å². The van der Waals surface area contributed by atoms with Gasteiger partial charge in [0, 0.05) is 12.5 Å². The average molecular weight is 351 g/mol. The molecule has 0 aliphatic heterocycles. The van der Waals surface area contributed by atoms with E-state index in [0.29, 0.717) is 12.1 Å². The molecule has 1 aromatic rings. The fourth-order valence-electron chi connectivity index (χ4n) is 2.14. The molecule has 1 rings (SSSR count). The van der Waals surface area contributed by atoms with E-state index in [1.54, 1.807) is 0 Å². The third kappa shape index (κ3) is 4.72. The summed E-state index contributed by atoms with van der Waals surface area (Å²) in [5, 5.41) is 0. The van der Waals surface area contributed by atoms with Crippen molar-refractivity contribution in [3.05, 3.63) is 53.3 Å². The number of nitrogens with two attached hydrogens (primary N) is 1. The van der Waals surface area contributed by atoms with Crippen LogP contribution in [0.15, 0.2) is 36.6 Å². The molecule has 0 heterocycles. The van der Waals surface area contributed by atoms with Gasteiger partial charge in [0.1, 0.15) is 5.78 Å². The van der Waals surface area contributed by atoms with Crippen LogP contribution in [-0.2, 0) is 17.1 Å². The molecule has 0 aromatic heterocycles. The van der Waals surface area contributed by atoms with Gasteiger partial charge in [0.25, 0.3) is 0 Å². The Morgan fingerprint density at radius 1 is 1.17 bits per heavy atom. The zero-order valence-electron chi connectivity index (χ0n) is 12.6. The van der Waals surface area contributed by atoms with E-state index in [0.717, 1.165) is 6.08 Å². The first-order valence-electron chi connectivity index (χ1n) is 6.85. The highest BCUT2D eigenvalue weighted by molar-refractivity contribution is 5.83. The molecule has 0 saturated carbocycles. The molecule has 132 valence electrons. The largest absolute Gasteiger partial charge is 0.416 e. The highest BCUT2D eigenvalue weighted by Gasteiger charge is 2.38. The van der Waals surface area contributed by atoms with Crippen LogP contribution in [0.3, 0.4) is 0 Å². The Kier molecular flexibility index (Phi) is 6.03. The molecule has 0 saturated heterocycles. The van der Waals surface area contributed by atoms with Crippen molar-refractivity contribution in [3.63, 3.8) is 0 Å². The molecule has 2 N–H and O–H groups in total. The average Bonchev–Trinajstić information content (AvgIpc) is 2.49. The quantitative estimate of drug-likeness (QED) is 0.619. The first kappa shape index (κ1) is 20.0. The second-order valence-corrected chi connectivity index (χ2v) is 5.08. The lowest BCUT2D eigenvalue weighted by Gasteiger charge is -2.22. The molecule has 1 aromatic carbocycles. The molecule has 0 amide bonds. The second kappa shape index (κ2) is 7.23. The van der Waals surface area contributed by atoms with E-state index >= 15 is 0 Å². The maximum atomic E-state index is 12.9. The molecular formula is C16H15F6NO. The molecule has 0 aliphatic carbocycles. The topological polar surface area (TPSA) is 43.1 Å². The van der Waals surface area contributed by atoms with Gasteiger partial charge in [0.05, 0.1) is 17.0 Å². The zero-order valence-corrected chi connectivity index (χ0v) is 12.6. The molecule has 0 aliphatic rings. The fourth-order valence-corrected chi connectivity index (χ4v) is 2.14. The van der Waals surface area contributed by atoms with Gasteiger partial charge in [0.2, 0.25) is 0 Å². The normalized spacial score (nSPS) is 14.7. The van der Waals surface area contributed by atoms with Crippen LogP contribution in [0.5, 0.6) is 0 Å².